The van der Waals surface area contributed by atoms with Gasteiger partial charge in [0, 0.05) is 4.88 Å². The van der Waals surface area contributed by atoms with Crippen molar-refractivity contribution in [3.63, 3.8) is 0 Å². The van der Waals surface area contributed by atoms with Crippen molar-refractivity contribution in [2.45, 2.75) is 32.9 Å². The quantitative estimate of drug-likeness (QED) is 0.797. The van der Waals surface area contributed by atoms with Crippen LogP contribution in [0.3, 0.4) is 0 Å². The van der Waals surface area contributed by atoms with Crippen LogP contribution in [0.25, 0.3) is 0 Å². The first-order chi connectivity index (χ1) is 10.1. The second-order valence-corrected chi connectivity index (χ2v) is 5.94. The van der Waals surface area contributed by atoms with E-state index in [1.807, 2.05) is 6.07 Å². The SMILES string of the molecule is CCCNC(c1cccc(OC(F)F)c1)c1csc(C)c1. The number of thiophene rings is 1. The van der Waals surface area contributed by atoms with Crippen molar-refractivity contribution in [2.24, 2.45) is 0 Å². The maximum Gasteiger partial charge on any atom is 0.387 e. The van der Waals surface area contributed by atoms with Gasteiger partial charge in [-0.2, -0.15) is 8.78 Å². The molecule has 0 bridgehead atoms. The fourth-order valence-corrected chi connectivity index (χ4v) is 2.93. The number of hydrogen-bond acceptors (Lipinski definition) is 3. The Morgan fingerprint density at radius 2 is 2.05 bits per heavy atom. The lowest BCUT2D eigenvalue weighted by atomic mass is 10.0. The fraction of sp³-hybridized carbons (Fsp3) is 0.375. The van der Waals surface area contributed by atoms with Crippen LogP contribution in [-0.4, -0.2) is 13.2 Å². The van der Waals surface area contributed by atoms with Crippen LogP contribution < -0.4 is 10.1 Å². The van der Waals surface area contributed by atoms with Crippen LogP contribution in [0.5, 0.6) is 5.75 Å². The lowest BCUT2D eigenvalue weighted by Crippen LogP contribution is -2.22. The summed E-state index contributed by atoms with van der Waals surface area (Å²) in [5.41, 5.74) is 2.08. The van der Waals surface area contributed by atoms with Crippen molar-refractivity contribution in [2.75, 3.05) is 6.54 Å². The lowest BCUT2D eigenvalue weighted by Gasteiger charge is -2.19. The molecular formula is C16H19F2NOS. The van der Waals surface area contributed by atoms with Gasteiger partial charge in [-0.1, -0.05) is 19.1 Å². The first kappa shape index (κ1) is 15.9. The Balaban J connectivity index is 2.27. The molecule has 1 N–H and O–H groups in total. The van der Waals surface area contributed by atoms with Gasteiger partial charge in [0.1, 0.15) is 5.75 Å². The normalized spacial score (nSPS) is 12.6. The van der Waals surface area contributed by atoms with Gasteiger partial charge >= 0.3 is 6.61 Å². The Morgan fingerprint density at radius 3 is 2.67 bits per heavy atom. The molecule has 1 atom stereocenters. The van der Waals surface area contributed by atoms with Crippen LogP contribution in [-0.2, 0) is 0 Å². The van der Waals surface area contributed by atoms with Crippen LogP contribution in [0, 0.1) is 6.92 Å². The molecule has 2 nitrogen and oxygen atoms in total. The average molecular weight is 311 g/mol. The van der Waals surface area contributed by atoms with E-state index in [1.165, 1.54) is 4.88 Å². The Hall–Kier alpha value is -1.46. The summed E-state index contributed by atoms with van der Waals surface area (Å²) in [6.45, 7) is 2.21. The Kier molecular flexibility index (Phi) is 5.70. The molecule has 0 spiro atoms. The molecule has 1 aromatic carbocycles. The topological polar surface area (TPSA) is 21.3 Å². The molecule has 114 valence electrons. The largest absolute Gasteiger partial charge is 0.435 e. The van der Waals surface area contributed by atoms with Gasteiger partial charge in [0.15, 0.2) is 0 Å². The van der Waals surface area contributed by atoms with Gasteiger partial charge in [-0.15, -0.1) is 11.3 Å². The average Bonchev–Trinajstić information content (AvgIpc) is 2.85. The number of halogens is 2. The number of ether oxygens (including phenoxy) is 1. The molecule has 0 radical (unpaired) electrons. The van der Waals surface area contributed by atoms with Crippen LogP contribution in [0.4, 0.5) is 8.78 Å². The highest BCUT2D eigenvalue weighted by atomic mass is 32.1. The van der Waals surface area contributed by atoms with E-state index in [2.05, 4.69) is 35.3 Å². The Morgan fingerprint density at radius 1 is 1.24 bits per heavy atom. The third-order valence-electron chi connectivity index (χ3n) is 3.10. The molecule has 2 rings (SSSR count). The van der Waals surface area contributed by atoms with E-state index >= 15 is 0 Å². The minimum absolute atomic E-state index is 0.00359. The number of alkyl halides is 2. The summed E-state index contributed by atoms with van der Waals surface area (Å²) in [7, 11) is 0. The van der Waals surface area contributed by atoms with E-state index in [4.69, 9.17) is 0 Å². The minimum atomic E-state index is -2.80. The van der Waals surface area contributed by atoms with Crippen molar-refractivity contribution >= 4 is 11.3 Å². The number of hydrogen-bond donors (Lipinski definition) is 1. The second-order valence-electron chi connectivity index (χ2n) is 4.83. The van der Waals surface area contributed by atoms with Crippen LogP contribution in [0.15, 0.2) is 35.7 Å². The van der Waals surface area contributed by atoms with Gasteiger partial charge in [-0.05, 0) is 54.6 Å². The summed E-state index contributed by atoms with van der Waals surface area (Å²) in [6.07, 6.45) is 1.01. The number of rotatable bonds is 7. The van der Waals surface area contributed by atoms with Crippen molar-refractivity contribution in [1.29, 1.82) is 0 Å². The third-order valence-corrected chi connectivity index (χ3v) is 3.98. The van der Waals surface area contributed by atoms with E-state index in [0.717, 1.165) is 24.1 Å². The molecule has 0 aliphatic rings. The number of aryl methyl sites for hydroxylation is 1. The van der Waals surface area contributed by atoms with Crippen LogP contribution >= 0.6 is 11.3 Å². The van der Waals surface area contributed by atoms with Gasteiger partial charge in [-0.25, -0.2) is 0 Å². The number of nitrogens with one attached hydrogen (secondary N) is 1. The molecule has 21 heavy (non-hydrogen) atoms. The van der Waals surface area contributed by atoms with Crippen molar-refractivity contribution in [3.05, 3.63) is 51.7 Å². The fourth-order valence-electron chi connectivity index (χ4n) is 2.20. The monoisotopic (exact) mass is 311 g/mol. The van der Waals surface area contributed by atoms with E-state index in [0.29, 0.717) is 0 Å². The molecule has 0 aliphatic carbocycles. The van der Waals surface area contributed by atoms with Gasteiger partial charge in [0.25, 0.3) is 0 Å². The van der Waals surface area contributed by atoms with Gasteiger partial charge in [0.2, 0.25) is 0 Å². The molecule has 2 aromatic rings. The van der Waals surface area contributed by atoms with Crippen LogP contribution in [0.2, 0.25) is 0 Å². The molecular weight excluding hydrogens is 292 g/mol. The maximum atomic E-state index is 12.3. The highest BCUT2D eigenvalue weighted by Gasteiger charge is 2.16. The van der Waals surface area contributed by atoms with Crippen molar-refractivity contribution in [3.8, 4) is 5.75 Å². The zero-order valence-corrected chi connectivity index (χ0v) is 12.9. The molecule has 0 saturated heterocycles. The smallest absolute Gasteiger partial charge is 0.387 e. The molecule has 0 aliphatic heterocycles. The zero-order valence-electron chi connectivity index (χ0n) is 12.1. The van der Waals surface area contributed by atoms with Gasteiger partial charge in [0.05, 0.1) is 6.04 Å². The molecule has 0 fully saturated rings. The molecule has 1 heterocycles. The van der Waals surface area contributed by atoms with E-state index in [1.54, 1.807) is 29.5 Å². The summed E-state index contributed by atoms with van der Waals surface area (Å²) in [4.78, 5) is 1.23. The summed E-state index contributed by atoms with van der Waals surface area (Å²) < 4.78 is 29.2. The summed E-state index contributed by atoms with van der Waals surface area (Å²) in [5.74, 6) is 0.192. The maximum absolute atomic E-state index is 12.3. The number of benzene rings is 1. The second kappa shape index (κ2) is 7.52. The van der Waals surface area contributed by atoms with E-state index in [9.17, 15) is 8.78 Å². The third kappa shape index (κ3) is 4.51. The Bertz CT molecular complexity index is 571. The Labute approximate surface area is 127 Å². The summed E-state index contributed by atoms with van der Waals surface area (Å²) >= 11 is 1.68. The highest BCUT2D eigenvalue weighted by molar-refractivity contribution is 7.10. The minimum Gasteiger partial charge on any atom is -0.435 e. The molecule has 1 unspecified atom stereocenters. The first-order valence-electron chi connectivity index (χ1n) is 6.93. The lowest BCUT2D eigenvalue weighted by molar-refractivity contribution is -0.0498. The highest BCUT2D eigenvalue weighted by Crippen LogP contribution is 2.28. The van der Waals surface area contributed by atoms with Crippen molar-refractivity contribution in [1.82, 2.24) is 5.32 Å². The predicted molar refractivity (Wildman–Crippen MR) is 82.3 cm³/mol. The summed E-state index contributed by atoms with van der Waals surface area (Å²) in [5, 5.41) is 5.56. The van der Waals surface area contributed by atoms with E-state index < -0.39 is 6.61 Å². The van der Waals surface area contributed by atoms with Crippen LogP contribution in [0.1, 0.15) is 35.4 Å². The van der Waals surface area contributed by atoms with Gasteiger partial charge < -0.3 is 10.1 Å². The molecule has 0 saturated carbocycles. The molecule has 0 amide bonds. The van der Waals surface area contributed by atoms with Crippen molar-refractivity contribution < 1.29 is 13.5 Å². The molecule has 1 aromatic heterocycles. The summed E-state index contributed by atoms with van der Waals surface area (Å²) in [6, 6.07) is 9.01. The first-order valence-corrected chi connectivity index (χ1v) is 7.81. The van der Waals surface area contributed by atoms with Gasteiger partial charge in [-0.3, -0.25) is 0 Å². The zero-order chi connectivity index (χ0) is 15.2. The standard InChI is InChI=1S/C16H19F2NOS/c1-3-7-19-15(13-8-11(2)21-10-13)12-5-4-6-14(9-12)20-16(17)18/h4-6,8-10,15-16,19H,3,7H2,1-2H3. The molecule has 5 heteroatoms. The predicted octanol–water partition coefficient (Wildman–Crippen LogP) is 4.75. The van der Waals surface area contributed by atoms with E-state index in [-0.39, 0.29) is 11.8 Å².